The largest absolute Gasteiger partial charge is 0.464 e. The first kappa shape index (κ1) is 26.9. The molecule has 7 nitrogen and oxygen atoms in total. The molecule has 3 aromatic rings. The maximum absolute atomic E-state index is 13.5. The summed E-state index contributed by atoms with van der Waals surface area (Å²) in [5.74, 6) is 0.793. The molecule has 0 fully saturated rings. The molecule has 0 unspecified atom stereocenters. The quantitative estimate of drug-likeness (QED) is 0.336. The number of carbonyl (C=O) groups excluding carboxylic acids is 2. The maximum Gasteiger partial charge on any atom is 0.322 e. The van der Waals surface area contributed by atoms with E-state index in [1.807, 2.05) is 57.2 Å². The monoisotopic (exact) mass is 495 g/mol. The summed E-state index contributed by atoms with van der Waals surface area (Å²) in [6.07, 6.45) is 0.595. The van der Waals surface area contributed by atoms with Crippen LogP contribution in [0.3, 0.4) is 0 Å². The van der Waals surface area contributed by atoms with Crippen molar-refractivity contribution in [2.24, 2.45) is 0 Å². The van der Waals surface area contributed by atoms with Crippen molar-refractivity contribution in [1.29, 1.82) is 0 Å². The highest BCUT2D eigenvalue weighted by atomic mass is 19.1. The van der Waals surface area contributed by atoms with Crippen LogP contribution in [0.2, 0.25) is 0 Å². The van der Waals surface area contributed by atoms with Crippen LogP contribution in [0.15, 0.2) is 65.1 Å². The van der Waals surface area contributed by atoms with E-state index in [1.54, 1.807) is 17.0 Å². The molecule has 0 atom stereocenters. The number of ether oxygens (including phenoxy) is 1. The summed E-state index contributed by atoms with van der Waals surface area (Å²) in [7, 11) is 0. The zero-order valence-electron chi connectivity index (χ0n) is 21.1. The van der Waals surface area contributed by atoms with Crippen molar-refractivity contribution in [3.05, 3.63) is 89.1 Å². The number of aryl methyl sites for hydroxylation is 2. The Morgan fingerprint density at radius 2 is 1.72 bits per heavy atom. The van der Waals surface area contributed by atoms with Gasteiger partial charge >= 0.3 is 6.03 Å². The number of benzene rings is 2. The number of furan rings is 1. The second kappa shape index (κ2) is 13.4. The van der Waals surface area contributed by atoms with Gasteiger partial charge in [-0.15, -0.1) is 0 Å². The molecule has 0 aliphatic carbocycles. The van der Waals surface area contributed by atoms with Gasteiger partial charge in [0.2, 0.25) is 5.91 Å². The molecular formula is C28H34FN3O4. The summed E-state index contributed by atoms with van der Waals surface area (Å²) >= 11 is 0. The first-order valence-corrected chi connectivity index (χ1v) is 12.1. The van der Waals surface area contributed by atoms with Gasteiger partial charge in [-0.1, -0.05) is 30.3 Å². The van der Waals surface area contributed by atoms with Crippen molar-refractivity contribution < 1.29 is 23.1 Å². The topological polar surface area (TPSA) is 75.0 Å². The summed E-state index contributed by atoms with van der Waals surface area (Å²) in [6.45, 7) is 7.46. The molecular weight excluding hydrogens is 461 g/mol. The molecule has 192 valence electrons. The number of anilines is 1. The fourth-order valence-electron chi connectivity index (χ4n) is 3.73. The Bertz CT molecular complexity index is 1130. The van der Waals surface area contributed by atoms with Crippen molar-refractivity contribution in [2.75, 3.05) is 31.6 Å². The van der Waals surface area contributed by atoms with Crippen molar-refractivity contribution in [2.45, 2.75) is 40.3 Å². The zero-order chi connectivity index (χ0) is 25.9. The number of amides is 3. The highest BCUT2D eigenvalue weighted by Crippen LogP contribution is 2.16. The Balaban J connectivity index is 1.77. The standard InChI is InChI=1S/C28H34FN3O4/c1-4-35-17-7-16-31(28(34)30-26-9-6-5-8-21(26)2)20-27(33)32(19-25-15-10-22(3)36-25)18-23-11-13-24(29)14-12-23/h5-6,8-15H,4,7,16-20H2,1-3H3,(H,30,34). The number of para-hydroxylation sites is 1. The molecule has 1 aromatic heterocycles. The van der Waals surface area contributed by atoms with E-state index in [1.165, 1.54) is 17.0 Å². The van der Waals surface area contributed by atoms with Gasteiger partial charge in [0.1, 0.15) is 23.9 Å². The first-order chi connectivity index (χ1) is 17.4. The number of halogens is 1. The second-order valence-electron chi connectivity index (χ2n) is 8.61. The van der Waals surface area contributed by atoms with E-state index < -0.39 is 0 Å². The lowest BCUT2D eigenvalue weighted by molar-refractivity contribution is -0.133. The average molecular weight is 496 g/mol. The molecule has 8 heteroatoms. The third kappa shape index (κ3) is 8.23. The number of urea groups is 1. The Morgan fingerprint density at radius 3 is 2.39 bits per heavy atom. The van der Waals surface area contributed by atoms with Gasteiger partial charge in [-0.2, -0.15) is 0 Å². The van der Waals surface area contributed by atoms with E-state index in [9.17, 15) is 14.0 Å². The molecule has 36 heavy (non-hydrogen) atoms. The van der Waals surface area contributed by atoms with Crippen LogP contribution in [0, 0.1) is 19.7 Å². The van der Waals surface area contributed by atoms with Gasteiger partial charge in [-0.05, 0) is 68.7 Å². The number of hydrogen-bond acceptors (Lipinski definition) is 4. The number of rotatable bonds is 12. The Labute approximate surface area is 211 Å². The minimum absolute atomic E-state index is 0.120. The third-order valence-corrected chi connectivity index (χ3v) is 5.70. The van der Waals surface area contributed by atoms with Crippen molar-refractivity contribution in [3.63, 3.8) is 0 Å². The van der Waals surface area contributed by atoms with Gasteiger partial charge in [0.05, 0.1) is 6.54 Å². The van der Waals surface area contributed by atoms with Crippen LogP contribution in [-0.4, -0.2) is 48.0 Å². The van der Waals surface area contributed by atoms with Crippen LogP contribution < -0.4 is 5.32 Å². The van der Waals surface area contributed by atoms with Gasteiger partial charge < -0.3 is 24.3 Å². The SMILES string of the molecule is CCOCCCN(CC(=O)N(Cc1ccc(F)cc1)Cc1ccc(C)o1)C(=O)Nc1ccccc1C. The van der Waals surface area contributed by atoms with Crippen LogP contribution in [-0.2, 0) is 22.6 Å². The van der Waals surface area contributed by atoms with Crippen molar-refractivity contribution in [1.82, 2.24) is 9.80 Å². The van der Waals surface area contributed by atoms with Gasteiger partial charge in [-0.25, -0.2) is 9.18 Å². The van der Waals surface area contributed by atoms with Crippen LogP contribution >= 0.6 is 0 Å². The molecule has 0 aliphatic rings. The van der Waals surface area contributed by atoms with Crippen LogP contribution in [0.1, 0.15) is 36.0 Å². The van der Waals surface area contributed by atoms with Crippen LogP contribution in [0.5, 0.6) is 0 Å². The first-order valence-electron chi connectivity index (χ1n) is 12.1. The van der Waals surface area contributed by atoms with Crippen LogP contribution in [0.25, 0.3) is 0 Å². The van der Waals surface area contributed by atoms with Gasteiger partial charge in [0, 0.05) is 32.0 Å². The Morgan fingerprint density at radius 1 is 0.972 bits per heavy atom. The highest BCUT2D eigenvalue weighted by molar-refractivity contribution is 5.93. The maximum atomic E-state index is 13.5. The number of carbonyl (C=O) groups is 2. The molecule has 3 rings (SSSR count). The number of nitrogens with one attached hydrogen (secondary N) is 1. The van der Waals surface area contributed by atoms with E-state index in [2.05, 4.69) is 5.32 Å². The summed E-state index contributed by atoms with van der Waals surface area (Å²) < 4.78 is 24.5. The highest BCUT2D eigenvalue weighted by Gasteiger charge is 2.23. The summed E-state index contributed by atoms with van der Waals surface area (Å²) in [6, 6.07) is 16.8. The smallest absolute Gasteiger partial charge is 0.322 e. The number of hydrogen-bond donors (Lipinski definition) is 1. The molecule has 1 heterocycles. The number of nitrogens with zero attached hydrogens (tertiary/aromatic N) is 2. The predicted molar refractivity (Wildman–Crippen MR) is 137 cm³/mol. The Hall–Kier alpha value is -3.65. The molecule has 2 aromatic carbocycles. The lowest BCUT2D eigenvalue weighted by Gasteiger charge is -2.28. The minimum Gasteiger partial charge on any atom is -0.464 e. The van der Waals surface area contributed by atoms with Gasteiger partial charge in [-0.3, -0.25) is 4.79 Å². The molecule has 1 N–H and O–H groups in total. The lowest BCUT2D eigenvalue weighted by atomic mass is 10.2. The zero-order valence-corrected chi connectivity index (χ0v) is 21.1. The minimum atomic E-state index is -0.357. The molecule has 0 aliphatic heterocycles. The molecule has 3 amide bonds. The summed E-state index contributed by atoms with van der Waals surface area (Å²) in [5.41, 5.74) is 2.40. The predicted octanol–water partition coefficient (Wildman–Crippen LogP) is 5.53. The fourth-order valence-corrected chi connectivity index (χ4v) is 3.73. The van der Waals surface area contributed by atoms with Crippen molar-refractivity contribution in [3.8, 4) is 0 Å². The molecule has 0 saturated heterocycles. The summed E-state index contributed by atoms with van der Waals surface area (Å²) in [4.78, 5) is 29.8. The fraction of sp³-hybridized carbons (Fsp3) is 0.357. The molecule has 0 bridgehead atoms. The average Bonchev–Trinajstić information content (AvgIpc) is 3.27. The molecule has 0 saturated carbocycles. The van der Waals surface area contributed by atoms with E-state index >= 15 is 0 Å². The second-order valence-corrected chi connectivity index (χ2v) is 8.61. The van der Waals surface area contributed by atoms with E-state index in [-0.39, 0.29) is 37.4 Å². The normalized spacial score (nSPS) is 10.8. The van der Waals surface area contributed by atoms with Crippen molar-refractivity contribution >= 4 is 17.6 Å². The van der Waals surface area contributed by atoms with Gasteiger partial charge in [0.25, 0.3) is 0 Å². The molecule has 0 spiro atoms. The van der Waals surface area contributed by atoms with Crippen LogP contribution in [0.4, 0.5) is 14.9 Å². The van der Waals surface area contributed by atoms with Gasteiger partial charge in [0.15, 0.2) is 0 Å². The lowest BCUT2D eigenvalue weighted by Crippen LogP contribution is -2.44. The van der Waals surface area contributed by atoms with E-state index in [4.69, 9.17) is 9.15 Å². The van der Waals surface area contributed by atoms with E-state index in [0.717, 1.165) is 16.9 Å². The van der Waals surface area contributed by atoms with E-state index in [0.29, 0.717) is 37.6 Å². The molecule has 0 radical (unpaired) electrons. The summed E-state index contributed by atoms with van der Waals surface area (Å²) in [5, 5.41) is 2.92. The third-order valence-electron chi connectivity index (χ3n) is 5.70. The Kier molecular flexibility index (Phi) is 10.1.